The highest BCUT2D eigenvalue weighted by molar-refractivity contribution is 5.26. The van der Waals surface area contributed by atoms with Gasteiger partial charge < -0.3 is 4.90 Å². The molecule has 1 aromatic rings. The molecule has 17 heavy (non-hydrogen) atoms. The lowest BCUT2D eigenvalue weighted by Crippen LogP contribution is -2.19. The standard InChI is InChI=1S/C16H26N/c1-5-12-17(4)13-16-9-7-6-8-15(16)11-10-14(2)3/h6-7,9,14H,5,10-13H2,1-4H3. The van der Waals surface area contributed by atoms with E-state index in [1.54, 1.807) is 0 Å². The van der Waals surface area contributed by atoms with Crippen molar-refractivity contribution >= 4 is 0 Å². The molecular weight excluding hydrogens is 206 g/mol. The van der Waals surface area contributed by atoms with Gasteiger partial charge >= 0.3 is 0 Å². The fourth-order valence-corrected chi connectivity index (χ4v) is 2.07. The zero-order valence-corrected chi connectivity index (χ0v) is 11.8. The lowest BCUT2D eigenvalue weighted by atomic mass is 9.98. The molecule has 0 N–H and O–H groups in total. The predicted molar refractivity (Wildman–Crippen MR) is 75.1 cm³/mol. The molecule has 1 radical (unpaired) electrons. The van der Waals surface area contributed by atoms with Crippen LogP contribution in [0.2, 0.25) is 0 Å². The Hall–Kier alpha value is -0.820. The summed E-state index contributed by atoms with van der Waals surface area (Å²) in [4.78, 5) is 2.39. The highest BCUT2D eigenvalue weighted by Crippen LogP contribution is 2.15. The zero-order valence-electron chi connectivity index (χ0n) is 11.8. The van der Waals surface area contributed by atoms with Gasteiger partial charge in [0.05, 0.1) is 0 Å². The molecule has 1 heteroatoms. The molecule has 0 bridgehead atoms. The lowest BCUT2D eigenvalue weighted by Gasteiger charge is -2.18. The fraction of sp³-hybridized carbons (Fsp3) is 0.625. The molecule has 0 heterocycles. The van der Waals surface area contributed by atoms with E-state index in [0.29, 0.717) is 0 Å². The first-order valence-corrected chi connectivity index (χ1v) is 6.80. The van der Waals surface area contributed by atoms with Crippen LogP contribution in [0.3, 0.4) is 0 Å². The van der Waals surface area contributed by atoms with Crippen LogP contribution >= 0.6 is 0 Å². The van der Waals surface area contributed by atoms with Gasteiger partial charge in [0.15, 0.2) is 0 Å². The van der Waals surface area contributed by atoms with Gasteiger partial charge in [-0.3, -0.25) is 0 Å². The highest BCUT2D eigenvalue weighted by Gasteiger charge is 2.05. The summed E-state index contributed by atoms with van der Waals surface area (Å²) in [7, 11) is 2.20. The molecular formula is C16H26N. The molecule has 0 aromatic heterocycles. The maximum Gasteiger partial charge on any atom is 0.0233 e. The van der Waals surface area contributed by atoms with Gasteiger partial charge in [0.2, 0.25) is 0 Å². The Morgan fingerprint density at radius 2 is 2.12 bits per heavy atom. The summed E-state index contributed by atoms with van der Waals surface area (Å²) in [5, 5.41) is 0. The van der Waals surface area contributed by atoms with Gasteiger partial charge in [-0.05, 0) is 56.0 Å². The lowest BCUT2D eigenvalue weighted by molar-refractivity contribution is 0.326. The minimum Gasteiger partial charge on any atom is -0.302 e. The van der Waals surface area contributed by atoms with Gasteiger partial charge in [0.1, 0.15) is 0 Å². The molecule has 0 unspecified atom stereocenters. The Morgan fingerprint density at radius 3 is 2.76 bits per heavy atom. The molecule has 1 rings (SSSR count). The van der Waals surface area contributed by atoms with E-state index in [9.17, 15) is 0 Å². The summed E-state index contributed by atoms with van der Waals surface area (Å²) < 4.78 is 0. The Labute approximate surface area is 107 Å². The van der Waals surface area contributed by atoms with E-state index in [4.69, 9.17) is 0 Å². The Kier molecular flexibility index (Phi) is 6.28. The van der Waals surface area contributed by atoms with Crippen LogP contribution in [0.15, 0.2) is 18.2 Å². The van der Waals surface area contributed by atoms with Crippen LogP contribution in [-0.2, 0) is 13.0 Å². The first kappa shape index (κ1) is 14.2. The molecule has 0 amide bonds. The van der Waals surface area contributed by atoms with Crippen molar-refractivity contribution in [3.8, 4) is 0 Å². The number of benzene rings is 1. The summed E-state index contributed by atoms with van der Waals surface area (Å²) in [6.45, 7) is 9.02. The minimum atomic E-state index is 0.768. The molecule has 0 aliphatic heterocycles. The summed E-state index contributed by atoms with van der Waals surface area (Å²) in [6, 6.07) is 9.81. The van der Waals surface area contributed by atoms with Gasteiger partial charge in [-0.15, -0.1) is 0 Å². The second-order valence-electron chi connectivity index (χ2n) is 5.34. The maximum absolute atomic E-state index is 3.41. The molecule has 0 saturated carbocycles. The maximum atomic E-state index is 3.41. The topological polar surface area (TPSA) is 3.24 Å². The number of hydrogen-bond acceptors (Lipinski definition) is 1. The van der Waals surface area contributed by atoms with Crippen molar-refractivity contribution in [2.24, 2.45) is 5.92 Å². The summed E-state index contributed by atoms with van der Waals surface area (Å²) >= 11 is 0. The van der Waals surface area contributed by atoms with Gasteiger partial charge in [0.25, 0.3) is 0 Å². The van der Waals surface area contributed by atoms with E-state index in [-0.39, 0.29) is 0 Å². The zero-order chi connectivity index (χ0) is 12.7. The quantitative estimate of drug-likeness (QED) is 0.689. The van der Waals surface area contributed by atoms with Crippen LogP contribution < -0.4 is 0 Å². The first-order chi connectivity index (χ1) is 8.13. The Bertz CT molecular complexity index is 317. The average Bonchev–Trinajstić information content (AvgIpc) is 2.28. The van der Waals surface area contributed by atoms with E-state index >= 15 is 0 Å². The molecule has 1 aromatic carbocycles. The highest BCUT2D eigenvalue weighted by atomic mass is 15.1. The van der Waals surface area contributed by atoms with Crippen LogP contribution in [0.4, 0.5) is 0 Å². The fourth-order valence-electron chi connectivity index (χ4n) is 2.07. The van der Waals surface area contributed by atoms with Crippen molar-refractivity contribution in [2.45, 2.75) is 46.6 Å². The summed E-state index contributed by atoms with van der Waals surface area (Å²) in [6.07, 6.45) is 3.63. The molecule has 0 fully saturated rings. The largest absolute Gasteiger partial charge is 0.302 e. The molecule has 0 aliphatic carbocycles. The SMILES string of the molecule is CCCN(C)Cc1ccc[c]c1CCC(C)C. The second-order valence-corrected chi connectivity index (χ2v) is 5.34. The van der Waals surface area contributed by atoms with Crippen LogP contribution in [0, 0.1) is 12.0 Å². The molecule has 0 spiro atoms. The monoisotopic (exact) mass is 232 g/mol. The molecule has 0 saturated heterocycles. The summed E-state index contributed by atoms with van der Waals surface area (Å²) in [5.41, 5.74) is 2.85. The third-order valence-corrected chi connectivity index (χ3v) is 3.06. The predicted octanol–water partition coefficient (Wildman–Crippen LogP) is 3.92. The first-order valence-electron chi connectivity index (χ1n) is 6.80. The Balaban J connectivity index is 2.63. The van der Waals surface area contributed by atoms with Crippen LogP contribution in [0.25, 0.3) is 0 Å². The van der Waals surface area contributed by atoms with Gasteiger partial charge in [-0.1, -0.05) is 39.0 Å². The number of nitrogens with zero attached hydrogens (tertiary/aromatic N) is 1. The van der Waals surface area contributed by atoms with Crippen molar-refractivity contribution in [1.29, 1.82) is 0 Å². The van der Waals surface area contributed by atoms with Gasteiger partial charge in [-0.25, -0.2) is 0 Å². The van der Waals surface area contributed by atoms with Crippen molar-refractivity contribution in [3.63, 3.8) is 0 Å². The second kappa shape index (κ2) is 7.50. The van der Waals surface area contributed by atoms with Crippen LogP contribution in [0.5, 0.6) is 0 Å². The van der Waals surface area contributed by atoms with Crippen molar-refractivity contribution < 1.29 is 0 Å². The van der Waals surface area contributed by atoms with E-state index in [0.717, 1.165) is 18.9 Å². The smallest absolute Gasteiger partial charge is 0.0233 e. The van der Waals surface area contributed by atoms with E-state index in [1.807, 2.05) is 6.07 Å². The molecule has 0 aliphatic rings. The van der Waals surface area contributed by atoms with Crippen molar-refractivity contribution in [2.75, 3.05) is 13.6 Å². The van der Waals surface area contributed by atoms with E-state index < -0.39 is 0 Å². The third kappa shape index (κ3) is 5.36. The average molecular weight is 232 g/mol. The molecule has 0 atom stereocenters. The Morgan fingerprint density at radius 1 is 1.35 bits per heavy atom. The van der Waals surface area contributed by atoms with E-state index in [2.05, 4.69) is 50.9 Å². The van der Waals surface area contributed by atoms with Crippen molar-refractivity contribution in [1.82, 2.24) is 4.90 Å². The molecule has 95 valence electrons. The number of rotatable bonds is 7. The third-order valence-electron chi connectivity index (χ3n) is 3.06. The summed E-state index contributed by atoms with van der Waals surface area (Å²) in [5.74, 6) is 0.768. The molecule has 1 nitrogen and oxygen atoms in total. The minimum absolute atomic E-state index is 0.768. The van der Waals surface area contributed by atoms with Crippen LogP contribution in [0.1, 0.15) is 44.7 Å². The van der Waals surface area contributed by atoms with Gasteiger partial charge in [0, 0.05) is 6.54 Å². The van der Waals surface area contributed by atoms with E-state index in [1.165, 1.54) is 30.5 Å². The van der Waals surface area contributed by atoms with Crippen molar-refractivity contribution in [3.05, 3.63) is 35.4 Å². The normalized spacial score (nSPS) is 11.4. The number of aryl methyl sites for hydroxylation is 1. The van der Waals surface area contributed by atoms with Gasteiger partial charge in [-0.2, -0.15) is 0 Å². The van der Waals surface area contributed by atoms with Crippen LogP contribution in [-0.4, -0.2) is 18.5 Å². The number of hydrogen-bond donors (Lipinski definition) is 0.